The number of nitrogens with two attached hydrogens (primary N) is 1. The van der Waals surface area contributed by atoms with Crippen LogP contribution in [0.3, 0.4) is 0 Å². The maximum Gasteiger partial charge on any atom is 0.240 e. The Hall–Kier alpha value is -1.62. The fourth-order valence-electron chi connectivity index (χ4n) is 1.63. The van der Waals surface area contributed by atoms with Gasteiger partial charge in [-0.2, -0.15) is 5.10 Å². The van der Waals surface area contributed by atoms with E-state index >= 15 is 0 Å². The second-order valence-electron chi connectivity index (χ2n) is 6.62. The molecule has 0 saturated carbocycles. The number of nitrogens with zero attached hydrogens (tertiary/aromatic N) is 3. The van der Waals surface area contributed by atoms with Crippen LogP contribution in [-0.2, 0) is 5.41 Å². The van der Waals surface area contributed by atoms with Gasteiger partial charge in [0.25, 0.3) is 0 Å². The van der Waals surface area contributed by atoms with E-state index in [1.54, 1.807) is 10.7 Å². The smallest absolute Gasteiger partial charge is 0.240 e. The van der Waals surface area contributed by atoms with Crippen LogP contribution >= 0.6 is 0 Å². The molecule has 0 aromatic carbocycles. The first kappa shape index (κ1) is 13.8. The van der Waals surface area contributed by atoms with Crippen molar-refractivity contribution in [3.63, 3.8) is 0 Å². The molecule has 104 valence electrons. The third-order valence-corrected chi connectivity index (χ3v) is 2.70. The number of aromatic nitrogens is 3. The number of rotatable bonds is 3. The molecule has 19 heavy (non-hydrogen) atoms. The maximum atomic E-state index is 5.93. The Labute approximate surface area is 113 Å². The summed E-state index contributed by atoms with van der Waals surface area (Å²) in [5, 5.41) is 4.55. The molecule has 0 saturated heterocycles. The number of fused-ring (bicyclic) bond motifs is 1. The molecule has 0 radical (unpaired) electrons. The number of ether oxygens (including phenoxy) is 1. The maximum absolute atomic E-state index is 5.93. The van der Waals surface area contributed by atoms with E-state index in [1.165, 1.54) is 0 Å². The summed E-state index contributed by atoms with van der Waals surface area (Å²) in [6, 6.07) is 2.02. The van der Waals surface area contributed by atoms with Crippen molar-refractivity contribution in [1.29, 1.82) is 0 Å². The fraction of sp³-hybridized carbons (Fsp3) is 0.571. The van der Waals surface area contributed by atoms with Crippen LogP contribution in [0, 0.1) is 0 Å². The molecule has 0 atom stereocenters. The van der Waals surface area contributed by atoms with Crippen molar-refractivity contribution in [2.75, 3.05) is 6.61 Å². The van der Waals surface area contributed by atoms with E-state index in [-0.39, 0.29) is 11.0 Å². The zero-order valence-corrected chi connectivity index (χ0v) is 12.3. The van der Waals surface area contributed by atoms with Gasteiger partial charge in [0, 0.05) is 23.3 Å². The van der Waals surface area contributed by atoms with Crippen molar-refractivity contribution >= 4 is 5.52 Å². The predicted octanol–water partition coefficient (Wildman–Crippen LogP) is 2.14. The van der Waals surface area contributed by atoms with Gasteiger partial charge in [0.05, 0.1) is 5.69 Å². The summed E-state index contributed by atoms with van der Waals surface area (Å²) in [7, 11) is 0. The van der Waals surface area contributed by atoms with Crippen molar-refractivity contribution in [2.24, 2.45) is 5.73 Å². The number of hydrogen-bond donors (Lipinski definition) is 1. The fourth-order valence-corrected chi connectivity index (χ4v) is 1.63. The molecular weight excluding hydrogens is 240 g/mol. The highest BCUT2D eigenvalue weighted by atomic mass is 16.5. The second-order valence-corrected chi connectivity index (χ2v) is 6.62. The Kier molecular flexibility index (Phi) is 3.26. The van der Waals surface area contributed by atoms with E-state index in [0.29, 0.717) is 12.5 Å². The molecule has 2 rings (SSSR count). The van der Waals surface area contributed by atoms with Gasteiger partial charge in [-0.25, -0.2) is 9.50 Å². The summed E-state index contributed by atoms with van der Waals surface area (Å²) < 4.78 is 7.51. The summed E-state index contributed by atoms with van der Waals surface area (Å²) in [5.74, 6) is 0.573. The molecule has 0 fully saturated rings. The summed E-state index contributed by atoms with van der Waals surface area (Å²) >= 11 is 0. The highest BCUT2D eigenvalue weighted by Gasteiger charge is 2.20. The normalized spacial score (nSPS) is 12.9. The summed E-state index contributed by atoms with van der Waals surface area (Å²) in [5.41, 5.74) is 7.42. The Morgan fingerprint density at radius 1 is 1.26 bits per heavy atom. The van der Waals surface area contributed by atoms with Gasteiger partial charge in [-0.05, 0) is 19.9 Å². The monoisotopic (exact) mass is 262 g/mol. The van der Waals surface area contributed by atoms with Crippen LogP contribution in [0.4, 0.5) is 0 Å². The molecule has 0 spiro atoms. The zero-order chi connectivity index (χ0) is 14.3. The van der Waals surface area contributed by atoms with E-state index in [4.69, 9.17) is 10.5 Å². The lowest BCUT2D eigenvalue weighted by Gasteiger charge is -2.18. The van der Waals surface area contributed by atoms with Crippen molar-refractivity contribution in [2.45, 2.75) is 45.6 Å². The van der Waals surface area contributed by atoms with E-state index in [0.717, 1.165) is 11.2 Å². The minimum Gasteiger partial charge on any atom is -0.474 e. The minimum atomic E-state index is -0.388. The van der Waals surface area contributed by atoms with Crippen LogP contribution in [0.25, 0.3) is 5.52 Å². The minimum absolute atomic E-state index is 0.00354. The van der Waals surface area contributed by atoms with E-state index in [1.807, 2.05) is 26.1 Å². The largest absolute Gasteiger partial charge is 0.474 e. The van der Waals surface area contributed by atoms with Gasteiger partial charge in [-0.3, -0.25) is 0 Å². The quantitative estimate of drug-likeness (QED) is 0.920. The molecule has 5 nitrogen and oxygen atoms in total. The average Bonchev–Trinajstić information content (AvgIpc) is 2.68. The first-order chi connectivity index (χ1) is 8.67. The first-order valence-corrected chi connectivity index (χ1v) is 6.43. The zero-order valence-electron chi connectivity index (χ0n) is 12.3. The lowest BCUT2D eigenvalue weighted by atomic mass is 9.92. The molecule has 2 N–H and O–H groups in total. The highest BCUT2D eigenvalue weighted by molar-refractivity contribution is 5.57. The molecule has 0 aliphatic heterocycles. The van der Waals surface area contributed by atoms with Crippen molar-refractivity contribution in [1.82, 2.24) is 14.6 Å². The summed E-state index contributed by atoms with van der Waals surface area (Å²) in [6.45, 7) is 10.6. The molecule has 2 heterocycles. The summed E-state index contributed by atoms with van der Waals surface area (Å²) in [6.07, 6.45) is 3.51. The van der Waals surface area contributed by atoms with Crippen molar-refractivity contribution in [3.8, 4) is 5.88 Å². The third-order valence-electron chi connectivity index (χ3n) is 2.70. The van der Waals surface area contributed by atoms with Crippen LogP contribution in [0.5, 0.6) is 5.88 Å². The second kappa shape index (κ2) is 4.49. The SMILES string of the molecule is CC(C)(N)COc1nccn2nc(C(C)(C)C)cc12. The Morgan fingerprint density at radius 3 is 2.53 bits per heavy atom. The van der Waals surface area contributed by atoms with Gasteiger partial charge in [-0.15, -0.1) is 0 Å². The standard InChI is InChI=1S/C14H22N4O/c1-13(2,3)11-8-10-12(19-9-14(4,5)15)16-6-7-18(10)17-11/h6-8H,9,15H2,1-5H3. The van der Waals surface area contributed by atoms with E-state index in [9.17, 15) is 0 Å². The molecule has 0 bridgehead atoms. The van der Waals surface area contributed by atoms with Gasteiger partial charge in [0.2, 0.25) is 5.88 Å². The molecule has 0 aliphatic rings. The predicted molar refractivity (Wildman–Crippen MR) is 75.4 cm³/mol. The van der Waals surface area contributed by atoms with Gasteiger partial charge < -0.3 is 10.5 Å². The molecular formula is C14H22N4O. The lowest BCUT2D eigenvalue weighted by molar-refractivity contribution is 0.237. The molecule has 5 heteroatoms. The Morgan fingerprint density at radius 2 is 1.95 bits per heavy atom. The van der Waals surface area contributed by atoms with E-state index in [2.05, 4.69) is 30.9 Å². The Balaban J connectivity index is 2.37. The lowest BCUT2D eigenvalue weighted by Crippen LogP contribution is -2.38. The van der Waals surface area contributed by atoms with Gasteiger partial charge in [0.1, 0.15) is 12.1 Å². The van der Waals surface area contributed by atoms with Crippen LogP contribution in [0.1, 0.15) is 40.3 Å². The van der Waals surface area contributed by atoms with Crippen LogP contribution in [-0.4, -0.2) is 26.7 Å². The average molecular weight is 262 g/mol. The van der Waals surface area contributed by atoms with E-state index < -0.39 is 0 Å². The van der Waals surface area contributed by atoms with Crippen LogP contribution in [0.2, 0.25) is 0 Å². The first-order valence-electron chi connectivity index (χ1n) is 6.43. The van der Waals surface area contributed by atoms with Crippen molar-refractivity contribution in [3.05, 3.63) is 24.2 Å². The Bertz CT molecular complexity index is 575. The van der Waals surface area contributed by atoms with Crippen LogP contribution in [0.15, 0.2) is 18.5 Å². The molecule has 0 amide bonds. The number of hydrogen-bond acceptors (Lipinski definition) is 4. The van der Waals surface area contributed by atoms with Gasteiger partial charge in [-0.1, -0.05) is 20.8 Å². The molecule has 2 aromatic heterocycles. The molecule has 2 aromatic rings. The van der Waals surface area contributed by atoms with Crippen LogP contribution < -0.4 is 10.5 Å². The summed E-state index contributed by atoms with van der Waals surface area (Å²) in [4.78, 5) is 4.27. The van der Waals surface area contributed by atoms with Gasteiger partial charge >= 0.3 is 0 Å². The third kappa shape index (κ3) is 3.23. The molecule has 0 unspecified atom stereocenters. The highest BCUT2D eigenvalue weighted by Crippen LogP contribution is 2.25. The van der Waals surface area contributed by atoms with Gasteiger partial charge in [0.15, 0.2) is 0 Å². The van der Waals surface area contributed by atoms with Crippen molar-refractivity contribution < 1.29 is 4.74 Å². The molecule has 0 aliphatic carbocycles. The topological polar surface area (TPSA) is 65.4 Å².